The Balaban J connectivity index is 1.79. The lowest BCUT2D eigenvalue weighted by Crippen LogP contribution is -2.46. The van der Waals surface area contributed by atoms with Gasteiger partial charge in [0.25, 0.3) is 0 Å². The normalized spacial score (nSPS) is 24.5. The first kappa shape index (κ1) is 12.5. The molecule has 0 unspecified atom stereocenters. The molecule has 1 fully saturated rings. The molecule has 2 N–H and O–H groups in total. The first-order chi connectivity index (χ1) is 7.94. The van der Waals surface area contributed by atoms with Crippen LogP contribution < -0.4 is 5.32 Å². The van der Waals surface area contributed by atoms with Gasteiger partial charge in [0.05, 0.1) is 5.60 Å². The summed E-state index contributed by atoms with van der Waals surface area (Å²) in [5.74, 6) is 0.306. The third-order valence-corrected chi connectivity index (χ3v) is 3.28. The summed E-state index contributed by atoms with van der Waals surface area (Å²) >= 11 is 0. The van der Waals surface area contributed by atoms with Crippen molar-refractivity contribution in [2.24, 2.45) is 0 Å². The maximum atomic E-state index is 13.0. The minimum absolute atomic E-state index is 0.157. The molecule has 0 aromatic heterocycles. The number of benzene rings is 1. The zero-order valence-electron chi connectivity index (χ0n) is 10.4. The van der Waals surface area contributed by atoms with Gasteiger partial charge in [0, 0.05) is 12.6 Å². The van der Waals surface area contributed by atoms with Crippen LogP contribution in [0.1, 0.15) is 38.2 Å². The van der Waals surface area contributed by atoms with Gasteiger partial charge in [-0.15, -0.1) is 0 Å². The summed E-state index contributed by atoms with van der Waals surface area (Å²) in [6.07, 6.45) is 2.05. The van der Waals surface area contributed by atoms with Crippen molar-refractivity contribution in [2.75, 3.05) is 6.54 Å². The van der Waals surface area contributed by atoms with E-state index in [-0.39, 0.29) is 5.82 Å². The molecule has 1 saturated carbocycles. The molecule has 1 aliphatic carbocycles. The van der Waals surface area contributed by atoms with E-state index in [0.717, 1.165) is 18.4 Å². The van der Waals surface area contributed by atoms with Gasteiger partial charge in [-0.1, -0.05) is 12.1 Å². The lowest BCUT2D eigenvalue weighted by Gasteiger charge is -2.37. The Bertz CT molecular complexity index is 380. The Kier molecular flexibility index (Phi) is 3.50. The molecule has 0 radical (unpaired) electrons. The van der Waals surface area contributed by atoms with Crippen molar-refractivity contribution in [2.45, 2.75) is 44.2 Å². The lowest BCUT2D eigenvalue weighted by atomic mass is 9.75. The number of hydrogen-bond acceptors (Lipinski definition) is 2. The van der Waals surface area contributed by atoms with Crippen LogP contribution in [-0.4, -0.2) is 23.3 Å². The SMILES string of the molecule is CC(C)(O)CNC1CC(c2cccc(F)c2)C1. The van der Waals surface area contributed by atoms with E-state index < -0.39 is 5.60 Å². The van der Waals surface area contributed by atoms with Crippen LogP contribution in [0.4, 0.5) is 4.39 Å². The molecule has 2 rings (SSSR count). The van der Waals surface area contributed by atoms with Gasteiger partial charge < -0.3 is 10.4 Å². The van der Waals surface area contributed by atoms with Gasteiger partial charge in [-0.3, -0.25) is 0 Å². The summed E-state index contributed by atoms with van der Waals surface area (Å²) in [4.78, 5) is 0. The molecule has 1 aromatic carbocycles. The van der Waals surface area contributed by atoms with Gasteiger partial charge in [-0.25, -0.2) is 4.39 Å². The zero-order valence-corrected chi connectivity index (χ0v) is 10.4. The topological polar surface area (TPSA) is 32.3 Å². The van der Waals surface area contributed by atoms with Crippen LogP contribution in [-0.2, 0) is 0 Å². The molecule has 0 saturated heterocycles. The largest absolute Gasteiger partial charge is 0.389 e. The van der Waals surface area contributed by atoms with Crippen LogP contribution in [0.25, 0.3) is 0 Å². The van der Waals surface area contributed by atoms with Crippen molar-refractivity contribution < 1.29 is 9.50 Å². The van der Waals surface area contributed by atoms with E-state index in [9.17, 15) is 9.50 Å². The Hall–Kier alpha value is -0.930. The third kappa shape index (κ3) is 3.51. The minimum Gasteiger partial charge on any atom is -0.389 e. The predicted octanol–water partition coefficient (Wildman–Crippen LogP) is 2.43. The monoisotopic (exact) mass is 237 g/mol. The van der Waals surface area contributed by atoms with Crippen LogP contribution in [0.2, 0.25) is 0 Å². The fourth-order valence-electron chi connectivity index (χ4n) is 2.21. The Labute approximate surface area is 102 Å². The number of aliphatic hydroxyl groups is 1. The van der Waals surface area contributed by atoms with Crippen LogP contribution >= 0.6 is 0 Å². The van der Waals surface area contributed by atoms with Gasteiger partial charge in [-0.05, 0) is 50.3 Å². The maximum Gasteiger partial charge on any atom is 0.123 e. The van der Waals surface area contributed by atoms with Gasteiger partial charge in [0.15, 0.2) is 0 Å². The van der Waals surface area contributed by atoms with E-state index in [2.05, 4.69) is 5.32 Å². The van der Waals surface area contributed by atoms with E-state index in [1.54, 1.807) is 26.0 Å². The standard InChI is InChI=1S/C14H20FNO/c1-14(2,17)9-16-13-7-11(8-13)10-4-3-5-12(15)6-10/h3-6,11,13,16-17H,7-9H2,1-2H3. The average molecular weight is 237 g/mol. The second-order valence-corrected chi connectivity index (χ2v) is 5.61. The first-order valence-electron chi connectivity index (χ1n) is 6.15. The summed E-state index contributed by atoms with van der Waals surface area (Å²) in [7, 11) is 0. The molecule has 0 bridgehead atoms. The Morgan fingerprint density at radius 3 is 2.71 bits per heavy atom. The van der Waals surface area contributed by atoms with Gasteiger partial charge in [-0.2, -0.15) is 0 Å². The molecule has 94 valence electrons. The van der Waals surface area contributed by atoms with E-state index >= 15 is 0 Å². The van der Waals surface area contributed by atoms with E-state index in [1.807, 2.05) is 6.07 Å². The zero-order chi connectivity index (χ0) is 12.5. The number of rotatable bonds is 4. The molecule has 2 nitrogen and oxygen atoms in total. The molecular weight excluding hydrogens is 217 g/mol. The summed E-state index contributed by atoms with van der Waals surface area (Å²) in [5, 5.41) is 12.9. The highest BCUT2D eigenvalue weighted by atomic mass is 19.1. The predicted molar refractivity (Wildman–Crippen MR) is 66.5 cm³/mol. The van der Waals surface area contributed by atoms with Gasteiger partial charge in [0.2, 0.25) is 0 Å². The fourth-order valence-corrected chi connectivity index (χ4v) is 2.21. The van der Waals surface area contributed by atoms with Crippen molar-refractivity contribution in [1.29, 1.82) is 0 Å². The molecule has 0 atom stereocenters. The number of halogens is 1. The quantitative estimate of drug-likeness (QED) is 0.843. The Morgan fingerprint density at radius 1 is 1.41 bits per heavy atom. The van der Waals surface area contributed by atoms with Crippen molar-refractivity contribution in [3.63, 3.8) is 0 Å². The fraction of sp³-hybridized carbons (Fsp3) is 0.571. The van der Waals surface area contributed by atoms with Crippen LogP contribution in [0, 0.1) is 5.82 Å². The van der Waals surface area contributed by atoms with Crippen molar-refractivity contribution in [3.05, 3.63) is 35.6 Å². The molecule has 0 aliphatic heterocycles. The molecule has 0 spiro atoms. The van der Waals surface area contributed by atoms with Crippen molar-refractivity contribution >= 4 is 0 Å². The van der Waals surface area contributed by atoms with Crippen molar-refractivity contribution in [1.82, 2.24) is 5.32 Å². The lowest BCUT2D eigenvalue weighted by molar-refractivity contribution is 0.0708. The van der Waals surface area contributed by atoms with E-state index in [4.69, 9.17) is 0 Å². The van der Waals surface area contributed by atoms with E-state index in [0.29, 0.717) is 18.5 Å². The number of hydrogen-bond donors (Lipinski definition) is 2. The summed E-state index contributed by atoms with van der Waals surface area (Å²) in [6.45, 7) is 4.19. The first-order valence-corrected chi connectivity index (χ1v) is 6.15. The smallest absolute Gasteiger partial charge is 0.123 e. The maximum absolute atomic E-state index is 13.0. The molecule has 3 heteroatoms. The second-order valence-electron chi connectivity index (χ2n) is 5.61. The second kappa shape index (κ2) is 4.75. The van der Waals surface area contributed by atoms with Crippen LogP contribution in [0.3, 0.4) is 0 Å². The number of nitrogens with one attached hydrogen (secondary N) is 1. The highest BCUT2D eigenvalue weighted by Gasteiger charge is 2.31. The highest BCUT2D eigenvalue weighted by molar-refractivity contribution is 5.23. The molecule has 0 amide bonds. The van der Waals surface area contributed by atoms with Gasteiger partial charge in [0.1, 0.15) is 5.82 Å². The summed E-state index contributed by atoms with van der Waals surface area (Å²) < 4.78 is 13.0. The highest BCUT2D eigenvalue weighted by Crippen LogP contribution is 2.37. The molecule has 1 aromatic rings. The van der Waals surface area contributed by atoms with Crippen molar-refractivity contribution in [3.8, 4) is 0 Å². The Morgan fingerprint density at radius 2 is 2.12 bits per heavy atom. The summed E-state index contributed by atoms with van der Waals surface area (Å²) in [6, 6.07) is 7.31. The van der Waals surface area contributed by atoms with Crippen LogP contribution in [0.5, 0.6) is 0 Å². The molecular formula is C14H20FNO. The average Bonchev–Trinajstić information content (AvgIpc) is 2.13. The third-order valence-electron chi connectivity index (χ3n) is 3.28. The minimum atomic E-state index is -0.663. The summed E-state index contributed by atoms with van der Waals surface area (Å²) in [5.41, 5.74) is 0.426. The van der Waals surface area contributed by atoms with E-state index in [1.165, 1.54) is 6.07 Å². The molecule has 1 aliphatic rings. The molecule has 0 heterocycles. The molecule has 17 heavy (non-hydrogen) atoms. The van der Waals surface area contributed by atoms with Gasteiger partial charge >= 0.3 is 0 Å². The van der Waals surface area contributed by atoms with Crippen LogP contribution in [0.15, 0.2) is 24.3 Å².